The maximum atomic E-state index is 14.0. The molecule has 17 heteroatoms. The number of quaternary nitrogens is 1. The second-order valence-electron chi connectivity index (χ2n) is 13.3. The minimum absolute atomic E-state index is 0.00697. The number of hydrogen-bond donors (Lipinski definition) is 4. The highest BCUT2D eigenvalue weighted by Crippen LogP contribution is 2.37. The number of benzene rings is 1. The molecule has 1 aliphatic rings. The molecule has 13 nitrogen and oxygen atoms in total. The number of imidazole rings is 1. The van der Waals surface area contributed by atoms with Crippen molar-refractivity contribution < 1.29 is 32.5 Å². The molecule has 1 aliphatic heterocycles. The summed E-state index contributed by atoms with van der Waals surface area (Å²) in [5, 5.41) is 9.37. The Balaban J connectivity index is 1.19. The Hall–Kier alpha value is -4.96. The predicted molar refractivity (Wildman–Crippen MR) is 190 cm³/mol. The summed E-state index contributed by atoms with van der Waals surface area (Å²) in [5.74, 6) is -0.679. The molecule has 0 saturated carbocycles. The van der Waals surface area contributed by atoms with Gasteiger partial charge in [0.1, 0.15) is 0 Å². The average molecular weight is 744 g/mol. The number of anilines is 2. The molecule has 0 spiro atoms. The van der Waals surface area contributed by atoms with E-state index in [2.05, 4.69) is 46.7 Å². The predicted octanol–water partition coefficient (Wildman–Crippen LogP) is 3.70. The van der Waals surface area contributed by atoms with Crippen LogP contribution in [0.3, 0.4) is 0 Å². The lowest BCUT2D eigenvalue weighted by Crippen LogP contribution is -3.05. The number of amides is 3. The molecule has 0 radical (unpaired) electrons. The third-order valence-electron chi connectivity index (χ3n) is 9.24. The molecule has 1 saturated heterocycles. The van der Waals surface area contributed by atoms with Crippen LogP contribution >= 0.6 is 11.6 Å². The number of rotatable bonds is 12. The summed E-state index contributed by atoms with van der Waals surface area (Å²) < 4.78 is 44.3. The highest BCUT2D eigenvalue weighted by molar-refractivity contribution is 6.34. The number of likely N-dealkylation sites (tertiary alicyclic amines) is 1. The van der Waals surface area contributed by atoms with Gasteiger partial charge in [-0.3, -0.25) is 14.4 Å². The van der Waals surface area contributed by atoms with Gasteiger partial charge in [-0.05, 0) is 55.5 Å². The number of nitrogens with one attached hydrogen (secondary N) is 3. The summed E-state index contributed by atoms with van der Waals surface area (Å²) in [6.07, 6.45) is 2.06. The molecule has 0 aliphatic carbocycles. The van der Waals surface area contributed by atoms with Gasteiger partial charge in [0, 0.05) is 50.9 Å². The molecule has 278 valence electrons. The van der Waals surface area contributed by atoms with Crippen LogP contribution < -0.4 is 21.3 Å². The second-order valence-corrected chi connectivity index (χ2v) is 13.7. The Kier molecular flexibility index (Phi) is 11.9. The van der Waals surface area contributed by atoms with Gasteiger partial charge in [0.15, 0.2) is 17.3 Å². The smallest absolute Gasteiger partial charge is 0.397 e. The lowest BCUT2D eigenvalue weighted by atomic mass is 9.94. The summed E-state index contributed by atoms with van der Waals surface area (Å²) >= 11 is 6.45. The molecule has 5 rings (SSSR count). The van der Waals surface area contributed by atoms with E-state index < -0.39 is 17.8 Å². The van der Waals surface area contributed by atoms with Gasteiger partial charge in [-0.25, -0.2) is 14.6 Å². The molecule has 1 fully saturated rings. The van der Waals surface area contributed by atoms with Crippen molar-refractivity contribution in [1.29, 1.82) is 0 Å². The number of aromatic nitrogens is 5. The Morgan fingerprint density at radius 2 is 1.81 bits per heavy atom. The maximum absolute atomic E-state index is 14.0. The van der Waals surface area contributed by atoms with E-state index in [-0.39, 0.29) is 62.8 Å². The number of pyridine rings is 1. The zero-order valence-corrected chi connectivity index (χ0v) is 30.2. The molecule has 0 bridgehead atoms. The highest BCUT2D eigenvalue weighted by Gasteiger charge is 2.39. The van der Waals surface area contributed by atoms with Crippen molar-refractivity contribution in [2.75, 3.05) is 51.3 Å². The van der Waals surface area contributed by atoms with Gasteiger partial charge in [0.25, 0.3) is 11.8 Å². The van der Waals surface area contributed by atoms with E-state index in [1.807, 2.05) is 4.90 Å². The number of carbonyl (C=O) groups excluding carboxylic acids is 3. The zero-order chi connectivity index (χ0) is 37.7. The first-order valence-corrected chi connectivity index (χ1v) is 17.4. The van der Waals surface area contributed by atoms with Crippen molar-refractivity contribution >= 4 is 40.7 Å². The fraction of sp³-hybridized carbons (Fsp3) is 0.429. The quantitative estimate of drug-likeness (QED) is 0.172. The normalized spacial score (nSPS) is 14.4. The minimum atomic E-state index is -4.81. The monoisotopic (exact) mass is 743 g/mol. The number of nitrogens with two attached hydrogens (primary N) is 1. The Morgan fingerprint density at radius 1 is 1.08 bits per heavy atom. The van der Waals surface area contributed by atoms with Gasteiger partial charge in [-0.1, -0.05) is 18.5 Å². The molecule has 52 heavy (non-hydrogen) atoms. The number of nitrogen functional groups attached to an aromatic ring is 1. The van der Waals surface area contributed by atoms with Gasteiger partial charge >= 0.3 is 6.18 Å². The molecule has 3 amide bonds. The van der Waals surface area contributed by atoms with E-state index in [9.17, 15) is 27.6 Å². The Bertz CT molecular complexity index is 1900. The number of nitrogens with zero attached hydrogens (tertiary/aromatic N) is 6. The van der Waals surface area contributed by atoms with Crippen LogP contribution in [0.2, 0.25) is 5.02 Å². The van der Waals surface area contributed by atoms with Crippen LogP contribution in [0.15, 0.2) is 48.9 Å². The van der Waals surface area contributed by atoms with E-state index in [0.717, 1.165) is 49.3 Å². The molecule has 4 heterocycles. The minimum Gasteiger partial charge on any atom is -0.397 e. The largest absolute Gasteiger partial charge is 0.435 e. The summed E-state index contributed by atoms with van der Waals surface area (Å²) in [6, 6.07) is 7.31. The first kappa shape index (κ1) is 38.3. The molecule has 1 atom stereocenters. The van der Waals surface area contributed by atoms with Crippen LogP contribution in [-0.2, 0) is 18.0 Å². The highest BCUT2D eigenvalue weighted by atomic mass is 35.5. The Morgan fingerprint density at radius 3 is 2.42 bits per heavy atom. The molecule has 1 unspecified atom stereocenters. The third kappa shape index (κ3) is 8.91. The first-order chi connectivity index (χ1) is 24.7. The van der Waals surface area contributed by atoms with Crippen LogP contribution in [0.5, 0.6) is 0 Å². The van der Waals surface area contributed by atoms with E-state index in [1.54, 1.807) is 0 Å². The van der Waals surface area contributed by atoms with E-state index in [4.69, 9.17) is 17.3 Å². The lowest BCUT2D eigenvalue weighted by molar-refractivity contribution is -0.858. The van der Waals surface area contributed by atoms with Crippen LogP contribution in [0.4, 0.5) is 24.5 Å². The van der Waals surface area contributed by atoms with Gasteiger partial charge in [0.05, 0.1) is 60.6 Å². The molecule has 3 aromatic heterocycles. The summed E-state index contributed by atoms with van der Waals surface area (Å²) in [4.78, 5) is 50.6. The molecular weight excluding hydrogens is 701 g/mol. The maximum Gasteiger partial charge on any atom is 0.435 e. The third-order valence-corrected chi connectivity index (χ3v) is 9.55. The molecule has 1 aromatic carbocycles. The van der Waals surface area contributed by atoms with Gasteiger partial charge in [-0.2, -0.15) is 18.3 Å². The van der Waals surface area contributed by atoms with Crippen molar-refractivity contribution in [2.24, 2.45) is 18.9 Å². The van der Waals surface area contributed by atoms with Crippen molar-refractivity contribution in [1.82, 2.24) is 34.5 Å². The summed E-state index contributed by atoms with van der Waals surface area (Å²) in [6.45, 7) is 4.75. The fourth-order valence-corrected chi connectivity index (χ4v) is 6.44. The number of halogens is 4. The van der Waals surface area contributed by atoms with Crippen LogP contribution in [0.1, 0.15) is 59.3 Å². The van der Waals surface area contributed by atoms with Crippen molar-refractivity contribution in [3.63, 3.8) is 0 Å². The number of hydrogen-bond acceptors (Lipinski definition) is 7. The Labute approximate surface area is 304 Å². The SMILES string of the molecule is CCC(CC[NH+](C)C)C(=O)N1CCC(CNC(=O)c2ccc(NC(=O)c3ncc(-c4cn(-c5ccc(N)cn5)nc4C(F)(F)F)n3C)cc2Cl)CC1. The average Bonchev–Trinajstić information content (AvgIpc) is 3.72. The van der Waals surface area contributed by atoms with E-state index in [0.29, 0.717) is 25.3 Å². The topological polar surface area (TPSA) is 158 Å². The summed E-state index contributed by atoms with van der Waals surface area (Å²) in [7, 11) is 5.58. The van der Waals surface area contributed by atoms with Gasteiger partial charge in [-0.15, -0.1) is 0 Å². The van der Waals surface area contributed by atoms with Gasteiger partial charge in [0.2, 0.25) is 5.91 Å². The van der Waals surface area contributed by atoms with Crippen LogP contribution in [0, 0.1) is 11.8 Å². The van der Waals surface area contributed by atoms with E-state index in [1.165, 1.54) is 53.0 Å². The van der Waals surface area contributed by atoms with Crippen molar-refractivity contribution in [3.8, 4) is 17.1 Å². The molecule has 4 aromatic rings. The fourth-order valence-electron chi connectivity index (χ4n) is 6.17. The molecular formula is C35H43ClF3N10O3+. The number of piperidine rings is 1. The van der Waals surface area contributed by atoms with Crippen LogP contribution in [-0.4, -0.2) is 87.2 Å². The van der Waals surface area contributed by atoms with Gasteiger partial charge < -0.3 is 30.7 Å². The van der Waals surface area contributed by atoms with Crippen molar-refractivity contribution in [3.05, 3.63) is 71.0 Å². The van der Waals surface area contributed by atoms with Crippen LogP contribution in [0.25, 0.3) is 17.1 Å². The summed E-state index contributed by atoms with van der Waals surface area (Å²) in [5.41, 5.74) is 4.96. The van der Waals surface area contributed by atoms with Crippen molar-refractivity contribution in [2.45, 2.75) is 38.8 Å². The second kappa shape index (κ2) is 16.2. The van der Waals surface area contributed by atoms with E-state index >= 15 is 0 Å². The molecule has 5 N–H and O–H groups in total. The number of carbonyl (C=O) groups is 3. The zero-order valence-electron chi connectivity index (χ0n) is 29.4. The number of alkyl halides is 3. The first-order valence-electron chi connectivity index (χ1n) is 17.0. The standard InChI is InChI=1S/C35H42ClF3N10O3/c1-5-22(12-13-46(2)3)34(52)48-14-10-21(11-15-48)17-43-32(50)25-8-7-24(16-27(25)36)44-33(51)31-42-19-28(47(31)4)26-20-49(45-30(26)35(37,38)39)29-9-6-23(40)18-41-29/h6-9,16,18-22H,5,10-15,17,40H2,1-4H3,(H,43,50)(H,44,51)/p+1. The lowest BCUT2D eigenvalue weighted by Gasteiger charge is -2.34.